The minimum absolute atomic E-state index is 0.254. The normalized spacial score (nSPS) is 10.8. The number of benzene rings is 2. The molecule has 0 fully saturated rings. The van der Waals surface area contributed by atoms with E-state index in [1.165, 1.54) is 0 Å². The lowest BCUT2D eigenvalue weighted by Gasteiger charge is -2.13. The summed E-state index contributed by atoms with van der Waals surface area (Å²) < 4.78 is 0. The van der Waals surface area contributed by atoms with E-state index in [1.54, 1.807) is 18.3 Å². The maximum Gasteiger partial charge on any atom is 0.138 e. The number of nitrogen functional groups attached to an aromatic ring is 1. The topological polar surface area (TPSA) is 71.2 Å². The molecule has 0 aliphatic heterocycles. The Hall–Kier alpha value is -2.75. The first-order valence-corrected chi connectivity index (χ1v) is 6.76. The van der Waals surface area contributed by atoms with Crippen LogP contribution in [0.25, 0.3) is 10.8 Å². The number of pyridine rings is 1. The van der Waals surface area contributed by atoms with Crippen LogP contribution in [0.5, 0.6) is 5.75 Å². The van der Waals surface area contributed by atoms with Crippen LogP contribution in [0.2, 0.25) is 0 Å². The molecule has 1 heterocycles. The van der Waals surface area contributed by atoms with Gasteiger partial charge in [0, 0.05) is 28.3 Å². The van der Waals surface area contributed by atoms with Crippen LogP contribution in [0.15, 0.2) is 42.6 Å². The van der Waals surface area contributed by atoms with Gasteiger partial charge in [-0.15, -0.1) is 0 Å². The predicted molar refractivity (Wildman–Crippen MR) is 87.0 cm³/mol. The number of anilines is 3. The van der Waals surface area contributed by atoms with Crippen LogP contribution >= 0.6 is 0 Å². The van der Waals surface area contributed by atoms with Crippen molar-refractivity contribution in [2.45, 2.75) is 13.8 Å². The summed E-state index contributed by atoms with van der Waals surface area (Å²) in [5, 5.41) is 14.8. The van der Waals surface area contributed by atoms with Gasteiger partial charge in [0.1, 0.15) is 11.6 Å². The number of fused-ring (bicyclic) bond motifs is 1. The van der Waals surface area contributed by atoms with Crippen molar-refractivity contribution in [3.8, 4) is 5.75 Å². The van der Waals surface area contributed by atoms with Gasteiger partial charge in [0.05, 0.1) is 0 Å². The Kier molecular flexibility index (Phi) is 3.14. The molecule has 3 rings (SSSR count). The molecule has 2 aromatic carbocycles. The van der Waals surface area contributed by atoms with Crippen LogP contribution in [0, 0.1) is 13.8 Å². The van der Waals surface area contributed by atoms with Gasteiger partial charge in [-0.2, -0.15) is 0 Å². The van der Waals surface area contributed by atoms with Gasteiger partial charge in [0.15, 0.2) is 0 Å². The SMILES string of the molecule is Cc1cc(O)ccc1Nc1nccc2c(N)ccc(C)c12. The molecule has 0 amide bonds. The van der Waals surface area contributed by atoms with Crippen molar-refractivity contribution in [1.82, 2.24) is 4.98 Å². The summed E-state index contributed by atoms with van der Waals surface area (Å²) in [6, 6.07) is 11.0. The van der Waals surface area contributed by atoms with E-state index in [4.69, 9.17) is 5.73 Å². The van der Waals surface area contributed by atoms with Crippen molar-refractivity contribution in [2.24, 2.45) is 0 Å². The highest BCUT2D eigenvalue weighted by molar-refractivity contribution is 6.02. The predicted octanol–water partition coefficient (Wildman–Crippen LogP) is 3.88. The minimum Gasteiger partial charge on any atom is -0.508 e. The van der Waals surface area contributed by atoms with Gasteiger partial charge in [0.2, 0.25) is 0 Å². The molecule has 0 unspecified atom stereocenters. The number of nitrogens with two attached hydrogens (primary N) is 1. The summed E-state index contributed by atoms with van der Waals surface area (Å²) in [6.07, 6.45) is 1.75. The molecule has 4 heteroatoms. The summed E-state index contributed by atoms with van der Waals surface area (Å²) in [5.41, 5.74) is 9.77. The molecule has 0 atom stereocenters. The first-order valence-electron chi connectivity index (χ1n) is 6.76. The van der Waals surface area contributed by atoms with Gasteiger partial charge in [0.25, 0.3) is 0 Å². The van der Waals surface area contributed by atoms with Crippen LogP contribution in [-0.2, 0) is 0 Å². The van der Waals surface area contributed by atoms with Gasteiger partial charge in [-0.3, -0.25) is 0 Å². The highest BCUT2D eigenvalue weighted by Gasteiger charge is 2.09. The Balaban J connectivity index is 2.15. The lowest BCUT2D eigenvalue weighted by Crippen LogP contribution is -1.99. The molecule has 0 radical (unpaired) electrons. The third-order valence-electron chi connectivity index (χ3n) is 3.63. The number of rotatable bonds is 2. The Morgan fingerprint density at radius 3 is 2.62 bits per heavy atom. The lowest BCUT2D eigenvalue weighted by atomic mass is 10.0. The third kappa shape index (κ3) is 2.36. The fourth-order valence-electron chi connectivity index (χ4n) is 2.50. The fraction of sp³-hybridized carbons (Fsp3) is 0.118. The average molecular weight is 279 g/mol. The zero-order chi connectivity index (χ0) is 15.0. The number of nitrogens with one attached hydrogen (secondary N) is 1. The van der Waals surface area contributed by atoms with Crippen LogP contribution in [0.1, 0.15) is 11.1 Å². The lowest BCUT2D eigenvalue weighted by molar-refractivity contribution is 0.475. The van der Waals surface area contributed by atoms with Gasteiger partial charge in [-0.05, 0) is 55.3 Å². The van der Waals surface area contributed by atoms with Crippen LogP contribution in [0.3, 0.4) is 0 Å². The average Bonchev–Trinajstić information content (AvgIpc) is 2.46. The van der Waals surface area contributed by atoms with Gasteiger partial charge < -0.3 is 16.2 Å². The molecule has 0 saturated carbocycles. The zero-order valence-electron chi connectivity index (χ0n) is 12.0. The van der Waals surface area contributed by atoms with Crippen LogP contribution < -0.4 is 11.1 Å². The second-order valence-electron chi connectivity index (χ2n) is 5.18. The van der Waals surface area contributed by atoms with Crippen molar-refractivity contribution in [3.05, 3.63) is 53.7 Å². The minimum atomic E-state index is 0.254. The Morgan fingerprint density at radius 2 is 1.86 bits per heavy atom. The van der Waals surface area contributed by atoms with E-state index in [9.17, 15) is 5.11 Å². The van der Waals surface area contributed by atoms with Gasteiger partial charge >= 0.3 is 0 Å². The third-order valence-corrected chi connectivity index (χ3v) is 3.63. The van der Waals surface area contributed by atoms with Crippen molar-refractivity contribution in [3.63, 3.8) is 0 Å². The van der Waals surface area contributed by atoms with E-state index < -0.39 is 0 Å². The first-order chi connectivity index (χ1) is 10.1. The summed E-state index contributed by atoms with van der Waals surface area (Å²) in [4.78, 5) is 4.44. The van der Waals surface area contributed by atoms with Crippen molar-refractivity contribution in [2.75, 3.05) is 11.1 Å². The molecule has 106 valence electrons. The van der Waals surface area contributed by atoms with E-state index in [0.29, 0.717) is 0 Å². The molecule has 4 N–H and O–H groups in total. The van der Waals surface area contributed by atoms with E-state index in [1.807, 2.05) is 38.1 Å². The van der Waals surface area contributed by atoms with Crippen LogP contribution in [-0.4, -0.2) is 10.1 Å². The van der Waals surface area contributed by atoms with Crippen LogP contribution in [0.4, 0.5) is 17.2 Å². The van der Waals surface area contributed by atoms with E-state index in [0.717, 1.165) is 39.1 Å². The number of hydrogen-bond acceptors (Lipinski definition) is 4. The molecule has 0 spiro atoms. The standard InChI is InChI=1S/C17H17N3O/c1-10-3-5-14(18)13-7-8-19-17(16(10)13)20-15-6-4-12(21)9-11(15)2/h3-9,21H,18H2,1-2H3,(H,19,20). The summed E-state index contributed by atoms with van der Waals surface area (Å²) >= 11 is 0. The fourth-order valence-corrected chi connectivity index (χ4v) is 2.50. The molecular weight excluding hydrogens is 262 g/mol. The number of hydrogen-bond donors (Lipinski definition) is 3. The zero-order valence-corrected chi connectivity index (χ0v) is 12.0. The number of aryl methyl sites for hydroxylation is 2. The molecule has 0 saturated heterocycles. The number of aromatic nitrogens is 1. The molecule has 21 heavy (non-hydrogen) atoms. The number of phenolic OH excluding ortho intramolecular Hbond substituents is 1. The maximum absolute atomic E-state index is 9.50. The number of phenols is 1. The smallest absolute Gasteiger partial charge is 0.138 e. The van der Waals surface area contributed by atoms with Gasteiger partial charge in [-0.25, -0.2) is 4.98 Å². The summed E-state index contributed by atoms with van der Waals surface area (Å²) in [7, 11) is 0. The Labute approximate surface area is 123 Å². The molecule has 3 aromatic rings. The molecule has 0 aliphatic rings. The first kappa shape index (κ1) is 13.2. The highest BCUT2D eigenvalue weighted by atomic mass is 16.3. The largest absolute Gasteiger partial charge is 0.508 e. The number of nitrogens with zero attached hydrogens (tertiary/aromatic N) is 1. The van der Waals surface area contributed by atoms with E-state index in [2.05, 4.69) is 10.3 Å². The maximum atomic E-state index is 9.50. The molecule has 1 aromatic heterocycles. The second-order valence-corrected chi connectivity index (χ2v) is 5.18. The summed E-state index contributed by atoms with van der Waals surface area (Å²) in [5.74, 6) is 1.02. The molecular formula is C17H17N3O. The van der Waals surface area contributed by atoms with E-state index in [-0.39, 0.29) is 5.75 Å². The van der Waals surface area contributed by atoms with Crippen molar-refractivity contribution < 1.29 is 5.11 Å². The number of aromatic hydroxyl groups is 1. The second kappa shape index (κ2) is 4.98. The Bertz CT molecular complexity index is 828. The van der Waals surface area contributed by atoms with Crippen molar-refractivity contribution in [1.29, 1.82) is 0 Å². The van der Waals surface area contributed by atoms with E-state index >= 15 is 0 Å². The highest BCUT2D eigenvalue weighted by Crippen LogP contribution is 2.32. The Morgan fingerprint density at radius 1 is 1.05 bits per heavy atom. The monoisotopic (exact) mass is 279 g/mol. The van der Waals surface area contributed by atoms with Crippen molar-refractivity contribution >= 4 is 28.0 Å². The summed E-state index contributed by atoms with van der Waals surface area (Å²) in [6.45, 7) is 3.98. The molecule has 0 aliphatic carbocycles. The molecule has 0 bridgehead atoms. The molecule has 4 nitrogen and oxygen atoms in total. The quantitative estimate of drug-likeness (QED) is 0.491. The van der Waals surface area contributed by atoms with Gasteiger partial charge in [-0.1, -0.05) is 6.07 Å².